The molecule has 0 amide bonds. The van der Waals surface area contributed by atoms with Crippen LogP contribution in [0.5, 0.6) is 0 Å². The molecular formula is C28H28O2S. The predicted octanol–water partition coefficient (Wildman–Crippen LogP) is 9.17. The summed E-state index contributed by atoms with van der Waals surface area (Å²) in [6, 6.07) is 21.5. The van der Waals surface area contributed by atoms with Crippen LogP contribution in [-0.4, -0.2) is 0 Å². The number of hydrogen-bond donors (Lipinski definition) is 0. The Labute approximate surface area is 187 Å². The van der Waals surface area contributed by atoms with E-state index < -0.39 is 0 Å². The van der Waals surface area contributed by atoms with Gasteiger partial charge in [-0.3, -0.25) is 0 Å². The van der Waals surface area contributed by atoms with Gasteiger partial charge in [-0.2, -0.15) is 0 Å². The molecule has 0 saturated carbocycles. The predicted molar refractivity (Wildman–Crippen MR) is 132 cm³/mol. The second kappa shape index (κ2) is 6.86. The van der Waals surface area contributed by atoms with Gasteiger partial charge < -0.3 is 8.83 Å². The van der Waals surface area contributed by atoms with E-state index in [1.165, 1.54) is 11.1 Å². The van der Waals surface area contributed by atoms with Gasteiger partial charge in [0.2, 0.25) is 0 Å². The van der Waals surface area contributed by atoms with Gasteiger partial charge in [0, 0.05) is 10.8 Å². The third-order valence-corrected chi connectivity index (χ3v) is 6.97. The fourth-order valence-corrected chi connectivity index (χ4v) is 4.78. The lowest BCUT2D eigenvalue weighted by Crippen LogP contribution is -2.10. The Kier molecular flexibility index (Phi) is 4.46. The molecule has 0 saturated heterocycles. The van der Waals surface area contributed by atoms with Gasteiger partial charge in [-0.15, -0.1) is 11.3 Å². The second-order valence-electron chi connectivity index (χ2n) is 10.4. The molecule has 0 atom stereocenters. The van der Waals surface area contributed by atoms with Crippen molar-refractivity contribution in [3.05, 3.63) is 71.8 Å². The third-order valence-electron chi connectivity index (χ3n) is 5.86. The Morgan fingerprint density at radius 1 is 0.548 bits per heavy atom. The maximum absolute atomic E-state index is 6.16. The van der Waals surface area contributed by atoms with Crippen LogP contribution in [0, 0.1) is 0 Å². The summed E-state index contributed by atoms with van der Waals surface area (Å²) in [5.41, 5.74) is 4.73. The van der Waals surface area contributed by atoms with Crippen LogP contribution in [0.25, 0.3) is 43.2 Å². The number of hydrogen-bond acceptors (Lipinski definition) is 3. The number of rotatable bonds is 2. The first-order valence-electron chi connectivity index (χ1n) is 10.8. The second-order valence-corrected chi connectivity index (χ2v) is 11.5. The molecule has 2 nitrogen and oxygen atoms in total. The Balaban J connectivity index is 1.50. The van der Waals surface area contributed by atoms with Crippen molar-refractivity contribution in [2.75, 3.05) is 0 Å². The van der Waals surface area contributed by atoms with Crippen molar-refractivity contribution < 1.29 is 8.83 Å². The average molecular weight is 429 g/mol. The Bertz CT molecular complexity index is 1290. The summed E-state index contributed by atoms with van der Waals surface area (Å²) in [5, 5.41) is 2.30. The van der Waals surface area contributed by atoms with Gasteiger partial charge in [0.15, 0.2) is 0 Å². The average Bonchev–Trinajstić information content (AvgIpc) is 3.41. The molecule has 5 rings (SSSR count). The van der Waals surface area contributed by atoms with Crippen molar-refractivity contribution in [3.8, 4) is 21.3 Å². The normalized spacial score (nSPS) is 12.8. The Hall–Kier alpha value is -2.78. The van der Waals surface area contributed by atoms with E-state index in [0.717, 1.165) is 43.2 Å². The summed E-state index contributed by atoms with van der Waals surface area (Å²) in [5.74, 6) is 1.81. The molecule has 0 fully saturated rings. The number of fused-ring (bicyclic) bond motifs is 2. The van der Waals surface area contributed by atoms with Crippen molar-refractivity contribution in [2.45, 2.75) is 52.4 Å². The van der Waals surface area contributed by atoms with E-state index in [0.29, 0.717) is 0 Å². The smallest absolute Gasteiger partial charge is 0.145 e. The third kappa shape index (κ3) is 3.72. The molecule has 3 heterocycles. The molecule has 31 heavy (non-hydrogen) atoms. The van der Waals surface area contributed by atoms with E-state index in [9.17, 15) is 0 Å². The van der Waals surface area contributed by atoms with Crippen molar-refractivity contribution in [3.63, 3.8) is 0 Å². The summed E-state index contributed by atoms with van der Waals surface area (Å²) in [6.07, 6.45) is 0. The standard InChI is InChI=1S/C28H28O2S/c1-27(2,3)19-7-9-21-17(13-19)15-23(29-21)25-11-12-26(31-25)24-16-18-14-20(28(4,5)6)8-10-22(18)30-24/h7-16H,1-6H3. The highest BCUT2D eigenvalue weighted by Crippen LogP contribution is 2.40. The van der Waals surface area contributed by atoms with Crippen LogP contribution in [-0.2, 0) is 10.8 Å². The molecule has 0 bridgehead atoms. The fourth-order valence-electron chi connectivity index (χ4n) is 3.87. The first kappa shape index (κ1) is 20.1. The number of furan rings is 2. The van der Waals surface area contributed by atoms with E-state index in [4.69, 9.17) is 8.83 Å². The van der Waals surface area contributed by atoms with Crippen molar-refractivity contribution >= 4 is 33.3 Å². The summed E-state index contributed by atoms with van der Waals surface area (Å²) in [4.78, 5) is 2.22. The highest BCUT2D eigenvalue weighted by molar-refractivity contribution is 7.18. The molecule has 0 unspecified atom stereocenters. The summed E-state index contributed by atoms with van der Waals surface area (Å²) in [7, 11) is 0. The minimum atomic E-state index is 0.121. The van der Waals surface area contributed by atoms with Gasteiger partial charge in [-0.05, 0) is 70.5 Å². The highest BCUT2D eigenvalue weighted by Gasteiger charge is 2.18. The molecule has 0 aliphatic carbocycles. The zero-order valence-corrected chi connectivity index (χ0v) is 19.8. The lowest BCUT2D eigenvalue weighted by Gasteiger charge is -2.18. The maximum atomic E-state index is 6.16. The lowest BCUT2D eigenvalue weighted by molar-refractivity contribution is 0.589. The zero-order valence-electron chi connectivity index (χ0n) is 19.0. The molecule has 0 N–H and O–H groups in total. The van der Waals surface area contributed by atoms with E-state index in [2.05, 4.69) is 102 Å². The van der Waals surface area contributed by atoms with Crippen LogP contribution in [0.1, 0.15) is 52.7 Å². The minimum Gasteiger partial charge on any atom is -0.455 e. The van der Waals surface area contributed by atoms with Crippen LogP contribution in [0.2, 0.25) is 0 Å². The summed E-state index contributed by atoms with van der Waals surface area (Å²) < 4.78 is 12.3. The zero-order chi connectivity index (χ0) is 22.0. The molecule has 3 aromatic heterocycles. The van der Waals surface area contributed by atoms with Crippen LogP contribution >= 0.6 is 11.3 Å². The van der Waals surface area contributed by atoms with Crippen molar-refractivity contribution in [1.29, 1.82) is 0 Å². The Morgan fingerprint density at radius 2 is 0.968 bits per heavy atom. The quantitative estimate of drug-likeness (QED) is 0.280. The number of thiophene rings is 1. The van der Waals surface area contributed by atoms with Crippen LogP contribution in [0.4, 0.5) is 0 Å². The summed E-state index contributed by atoms with van der Waals surface area (Å²) >= 11 is 1.70. The minimum absolute atomic E-state index is 0.121. The van der Waals surface area contributed by atoms with E-state index >= 15 is 0 Å². The van der Waals surface area contributed by atoms with E-state index in [1.807, 2.05) is 0 Å². The molecule has 5 aromatic rings. The van der Waals surface area contributed by atoms with E-state index in [1.54, 1.807) is 11.3 Å². The Morgan fingerprint density at radius 3 is 1.35 bits per heavy atom. The van der Waals surface area contributed by atoms with Crippen molar-refractivity contribution in [1.82, 2.24) is 0 Å². The number of benzene rings is 2. The molecular weight excluding hydrogens is 400 g/mol. The summed E-state index contributed by atoms with van der Waals surface area (Å²) in [6.45, 7) is 13.4. The van der Waals surface area contributed by atoms with Crippen molar-refractivity contribution in [2.24, 2.45) is 0 Å². The molecule has 0 aliphatic heterocycles. The molecule has 0 spiro atoms. The van der Waals surface area contributed by atoms with Gasteiger partial charge in [-0.25, -0.2) is 0 Å². The molecule has 3 heteroatoms. The van der Waals surface area contributed by atoms with E-state index in [-0.39, 0.29) is 10.8 Å². The SMILES string of the molecule is CC(C)(C)c1ccc2oc(-c3ccc(-c4cc5cc(C(C)(C)C)ccc5o4)s3)cc2c1. The monoisotopic (exact) mass is 428 g/mol. The fraction of sp³-hybridized carbons (Fsp3) is 0.286. The van der Waals surface area contributed by atoms with Gasteiger partial charge in [0.05, 0.1) is 9.75 Å². The molecule has 2 aromatic carbocycles. The molecule has 0 radical (unpaired) electrons. The van der Waals surface area contributed by atoms with Gasteiger partial charge in [-0.1, -0.05) is 53.7 Å². The maximum Gasteiger partial charge on any atom is 0.145 e. The topological polar surface area (TPSA) is 26.3 Å². The van der Waals surface area contributed by atoms with Gasteiger partial charge in [0.25, 0.3) is 0 Å². The van der Waals surface area contributed by atoms with Gasteiger partial charge in [0.1, 0.15) is 22.7 Å². The van der Waals surface area contributed by atoms with Crippen LogP contribution in [0.3, 0.4) is 0 Å². The first-order valence-corrected chi connectivity index (χ1v) is 11.6. The molecule has 158 valence electrons. The molecule has 0 aliphatic rings. The van der Waals surface area contributed by atoms with Gasteiger partial charge >= 0.3 is 0 Å². The lowest BCUT2D eigenvalue weighted by atomic mass is 9.86. The van der Waals surface area contributed by atoms with Crippen LogP contribution < -0.4 is 0 Å². The largest absolute Gasteiger partial charge is 0.455 e. The van der Waals surface area contributed by atoms with Crippen LogP contribution in [0.15, 0.2) is 69.5 Å². The first-order chi connectivity index (χ1) is 14.6. The highest BCUT2D eigenvalue weighted by atomic mass is 32.1.